The molecule has 5 rings (SSSR count). The highest BCUT2D eigenvalue weighted by Crippen LogP contribution is 2.31. The highest BCUT2D eigenvalue weighted by molar-refractivity contribution is 7.19. The van der Waals surface area contributed by atoms with E-state index in [1.807, 2.05) is 60.7 Å². The quantitative estimate of drug-likeness (QED) is 0.330. The Bertz CT molecular complexity index is 1360. The predicted molar refractivity (Wildman–Crippen MR) is 128 cm³/mol. The Balaban J connectivity index is 1.43. The Hall–Kier alpha value is -4.03. The molecule has 6 heteroatoms. The Morgan fingerprint density at radius 3 is 1.84 bits per heavy atom. The van der Waals surface area contributed by atoms with Crippen LogP contribution in [0.4, 0.5) is 10.1 Å². The molecule has 0 unspecified atom stereocenters. The van der Waals surface area contributed by atoms with Gasteiger partial charge in [-0.05, 0) is 33.7 Å². The molecule has 4 aromatic carbocycles. The molecule has 5 nitrogen and oxygen atoms in total. The molecule has 0 bridgehead atoms. The molecule has 0 spiro atoms. The summed E-state index contributed by atoms with van der Waals surface area (Å²) >= 11 is 1.32. The van der Waals surface area contributed by atoms with E-state index in [0.717, 1.165) is 21.5 Å². The number of nitrogens with zero attached hydrogens (tertiary/aromatic N) is 3. The Labute approximate surface area is 182 Å². The molecule has 0 amide bonds. The molecule has 1 heterocycles. The van der Waals surface area contributed by atoms with Gasteiger partial charge in [-0.25, -0.2) is 15.0 Å². The molecule has 0 aliphatic heterocycles. The second-order valence-electron chi connectivity index (χ2n) is 6.94. The number of aromatic nitrogens is 1. The maximum atomic E-state index is 10.3. The molecular weight excluding hydrogens is 406 g/mol. The average Bonchev–Trinajstić information content (AvgIpc) is 3.25. The Morgan fingerprint density at radius 2 is 1.23 bits per heavy atom. The van der Waals surface area contributed by atoms with E-state index in [-0.39, 0.29) is 11.5 Å². The summed E-state index contributed by atoms with van der Waals surface area (Å²) in [6.45, 7) is 0. The summed E-state index contributed by atoms with van der Waals surface area (Å²) in [5.41, 5.74) is 1.32. The Kier molecular flexibility index (Phi) is 4.90. The zero-order valence-electron chi connectivity index (χ0n) is 16.3. The van der Waals surface area contributed by atoms with Gasteiger partial charge in [-0.15, -0.1) is 0 Å². The number of thiazole rings is 1. The first-order valence-corrected chi connectivity index (χ1v) is 10.5. The minimum atomic E-state index is 0.170. The van der Waals surface area contributed by atoms with Gasteiger partial charge in [-0.2, -0.15) is 0 Å². The number of phenols is 2. The van der Waals surface area contributed by atoms with Crippen LogP contribution in [0.1, 0.15) is 11.1 Å². The van der Waals surface area contributed by atoms with Crippen molar-refractivity contribution in [2.45, 2.75) is 0 Å². The summed E-state index contributed by atoms with van der Waals surface area (Å²) in [6.07, 6.45) is 4.91. The van der Waals surface area contributed by atoms with E-state index < -0.39 is 0 Å². The molecule has 0 atom stereocenters. The van der Waals surface area contributed by atoms with Gasteiger partial charge in [-0.3, -0.25) is 0 Å². The van der Waals surface area contributed by atoms with Crippen LogP contribution in [-0.2, 0) is 0 Å². The van der Waals surface area contributed by atoms with Gasteiger partial charge >= 0.3 is 0 Å². The van der Waals surface area contributed by atoms with E-state index in [2.05, 4.69) is 15.0 Å². The normalized spacial score (nSPS) is 11.9. The van der Waals surface area contributed by atoms with Crippen molar-refractivity contribution >= 4 is 55.4 Å². The van der Waals surface area contributed by atoms with Gasteiger partial charge < -0.3 is 10.2 Å². The first kappa shape index (κ1) is 19.0. The smallest absolute Gasteiger partial charge is 0.211 e. The van der Waals surface area contributed by atoms with Crippen LogP contribution in [-0.4, -0.2) is 27.6 Å². The minimum Gasteiger partial charge on any atom is -0.507 e. The standard InChI is InChI=1S/C25H17N3O2S/c29-22-11-9-16-5-1-3-7-18(16)20(22)13-26-24-15-28-25(31-24)27-14-21-19-8-4-2-6-17(19)10-12-23(21)30/h1-15,29-30H/b26-13+,27-14+. The third-order valence-electron chi connectivity index (χ3n) is 5.00. The third-order valence-corrected chi connectivity index (χ3v) is 5.81. The summed E-state index contributed by atoms with van der Waals surface area (Å²) in [5.74, 6) is 0.348. The van der Waals surface area contributed by atoms with Gasteiger partial charge in [0.15, 0.2) is 0 Å². The zero-order chi connectivity index (χ0) is 21.2. The fourth-order valence-electron chi connectivity index (χ4n) is 3.46. The van der Waals surface area contributed by atoms with Crippen molar-refractivity contribution in [3.63, 3.8) is 0 Å². The van der Waals surface area contributed by atoms with Gasteiger partial charge in [0.05, 0.1) is 6.20 Å². The van der Waals surface area contributed by atoms with Crippen molar-refractivity contribution < 1.29 is 10.2 Å². The van der Waals surface area contributed by atoms with Crippen LogP contribution in [0.5, 0.6) is 11.5 Å². The van der Waals surface area contributed by atoms with Crippen molar-refractivity contribution in [2.75, 3.05) is 0 Å². The highest BCUT2D eigenvalue weighted by Gasteiger charge is 2.07. The van der Waals surface area contributed by atoms with Gasteiger partial charge in [0.2, 0.25) is 5.13 Å². The summed E-state index contributed by atoms with van der Waals surface area (Å²) in [4.78, 5) is 13.2. The SMILES string of the molecule is Oc1ccc2ccccc2c1/C=N/c1cnc(/N=C/c2c(O)ccc3ccccc23)s1. The molecule has 0 saturated heterocycles. The largest absolute Gasteiger partial charge is 0.507 e. The number of fused-ring (bicyclic) bond motifs is 2. The highest BCUT2D eigenvalue weighted by atomic mass is 32.1. The van der Waals surface area contributed by atoms with E-state index in [1.165, 1.54) is 11.3 Å². The predicted octanol–water partition coefficient (Wildman–Crippen LogP) is 6.36. The fourth-order valence-corrected chi connectivity index (χ4v) is 4.07. The van der Waals surface area contributed by atoms with Gasteiger partial charge in [-0.1, -0.05) is 72.0 Å². The number of hydrogen-bond acceptors (Lipinski definition) is 6. The van der Waals surface area contributed by atoms with Crippen molar-refractivity contribution in [3.05, 3.63) is 90.1 Å². The van der Waals surface area contributed by atoms with Gasteiger partial charge in [0, 0.05) is 23.6 Å². The second-order valence-corrected chi connectivity index (χ2v) is 7.92. The molecule has 150 valence electrons. The van der Waals surface area contributed by atoms with E-state index in [9.17, 15) is 10.2 Å². The van der Waals surface area contributed by atoms with Crippen LogP contribution >= 0.6 is 11.3 Å². The topological polar surface area (TPSA) is 78.1 Å². The summed E-state index contributed by atoms with van der Waals surface area (Å²) in [7, 11) is 0. The van der Waals surface area contributed by atoms with Crippen LogP contribution < -0.4 is 0 Å². The van der Waals surface area contributed by atoms with E-state index >= 15 is 0 Å². The lowest BCUT2D eigenvalue weighted by Gasteiger charge is -2.04. The number of phenolic OH excluding ortho intramolecular Hbond substituents is 2. The van der Waals surface area contributed by atoms with Crippen LogP contribution in [0.2, 0.25) is 0 Å². The van der Waals surface area contributed by atoms with Gasteiger partial charge in [0.1, 0.15) is 16.5 Å². The lowest BCUT2D eigenvalue weighted by molar-refractivity contribution is 0.475. The summed E-state index contributed by atoms with van der Waals surface area (Å²) in [5, 5.41) is 25.6. The molecule has 0 fully saturated rings. The second kappa shape index (κ2) is 8.01. The summed E-state index contributed by atoms with van der Waals surface area (Å²) in [6, 6.07) is 22.8. The number of benzene rings is 4. The number of aromatic hydroxyl groups is 2. The lowest BCUT2D eigenvalue weighted by atomic mass is 10.0. The number of hydrogen-bond donors (Lipinski definition) is 2. The monoisotopic (exact) mass is 423 g/mol. The summed E-state index contributed by atoms with van der Waals surface area (Å²) < 4.78 is 0. The first-order chi connectivity index (χ1) is 15.2. The van der Waals surface area contributed by atoms with Crippen LogP contribution in [0.25, 0.3) is 21.5 Å². The molecule has 31 heavy (non-hydrogen) atoms. The van der Waals surface area contributed by atoms with E-state index in [4.69, 9.17) is 0 Å². The zero-order valence-corrected chi connectivity index (χ0v) is 17.1. The molecule has 2 N–H and O–H groups in total. The van der Waals surface area contributed by atoms with Crippen LogP contribution in [0.15, 0.2) is 89.0 Å². The maximum Gasteiger partial charge on any atom is 0.211 e. The number of rotatable bonds is 4. The molecule has 0 radical (unpaired) electrons. The van der Waals surface area contributed by atoms with Crippen molar-refractivity contribution in [2.24, 2.45) is 9.98 Å². The third kappa shape index (κ3) is 3.76. The lowest BCUT2D eigenvalue weighted by Crippen LogP contribution is -1.85. The minimum absolute atomic E-state index is 0.170. The van der Waals surface area contributed by atoms with E-state index in [1.54, 1.807) is 30.8 Å². The molecule has 0 aliphatic carbocycles. The van der Waals surface area contributed by atoms with Crippen molar-refractivity contribution in [1.82, 2.24) is 4.98 Å². The fraction of sp³-hybridized carbons (Fsp3) is 0. The number of aliphatic imine (C=N–C) groups is 2. The molecule has 5 aromatic rings. The van der Waals surface area contributed by atoms with Gasteiger partial charge in [0.25, 0.3) is 0 Å². The average molecular weight is 423 g/mol. The molecule has 0 saturated carbocycles. The van der Waals surface area contributed by atoms with Crippen molar-refractivity contribution in [1.29, 1.82) is 0 Å². The molecule has 1 aromatic heterocycles. The maximum absolute atomic E-state index is 10.3. The Morgan fingerprint density at radius 1 is 0.677 bits per heavy atom. The molecular formula is C25H17N3O2S. The molecule has 0 aliphatic rings. The van der Waals surface area contributed by atoms with Crippen LogP contribution in [0, 0.1) is 0 Å². The van der Waals surface area contributed by atoms with E-state index in [0.29, 0.717) is 21.3 Å². The first-order valence-electron chi connectivity index (χ1n) is 9.64. The van der Waals surface area contributed by atoms with Crippen molar-refractivity contribution in [3.8, 4) is 11.5 Å². The van der Waals surface area contributed by atoms with Crippen LogP contribution in [0.3, 0.4) is 0 Å².